The van der Waals surface area contributed by atoms with Gasteiger partial charge in [0, 0.05) is 17.0 Å². The maximum atomic E-state index is 6.18. The van der Waals surface area contributed by atoms with E-state index in [1.54, 1.807) is 29.1 Å². The summed E-state index contributed by atoms with van der Waals surface area (Å²) in [4.78, 5) is 0. The van der Waals surface area contributed by atoms with E-state index in [1.807, 2.05) is 19.1 Å². The molecule has 1 N–H and O–H groups in total. The van der Waals surface area contributed by atoms with Crippen LogP contribution in [0.4, 0.5) is 0 Å². The van der Waals surface area contributed by atoms with Crippen molar-refractivity contribution in [3.8, 4) is 11.3 Å². The molecule has 0 aliphatic heterocycles. The Balaban J connectivity index is 1.89. The van der Waals surface area contributed by atoms with E-state index in [-0.39, 0.29) is 0 Å². The number of aromatic nitrogens is 3. The number of hydrogen-bond acceptors (Lipinski definition) is 4. The molecule has 0 fully saturated rings. The summed E-state index contributed by atoms with van der Waals surface area (Å²) < 4.78 is 7.75. The lowest BCUT2D eigenvalue weighted by atomic mass is 10.2. The summed E-state index contributed by atoms with van der Waals surface area (Å²) in [5, 5.41) is 12.2. The third kappa shape index (κ3) is 3.39. The van der Waals surface area contributed by atoms with Crippen molar-refractivity contribution in [2.45, 2.75) is 13.3 Å². The summed E-state index contributed by atoms with van der Waals surface area (Å²) in [5.74, 6) is 1.97. The summed E-state index contributed by atoms with van der Waals surface area (Å²) in [6.07, 6.45) is 2.30. The van der Waals surface area contributed by atoms with Crippen molar-refractivity contribution in [1.29, 1.82) is 0 Å². The lowest BCUT2D eigenvalue weighted by molar-refractivity contribution is 0.574. The Hall–Kier alpha value is -1.89. The molecule has 3 aromatic rings. The zero-order valence-corrected chi connectivity index (χ0v) is 14.4. The van der Waals surface area contributed by atoms with Gasteiger partial charge in [-0.15, -0.1) is 0 Å². The zero-order valence-electron chi connectivity index (χ0n) is 12.1. The third-order valence-electron chi connectivity index (χ3n) is 3.16. The molecule has 0 atom stereocenters. The quantitative estimate of drug-likeness (QED) is 0.524. The van der Waals surface area contributed by atoms with Gasteiger partial charge >= 0.3 is 0 Å². The Bertz CT molecular complexity index is 926. The van der Waals surface area contributed by atoms with Crippen LogP contribution in [0, 0.1) is 4.77 Å². The minimum Gasteiger partial charge on any atom is -0.455 e. The SMILES string of the molecule is CCc1n[nH]c(=S)n1/N=C\c1ccc(-c2ccc(Cl)cc2Cl)o1. The molecule has 0 saturated carbocycles. The monoisotopic (exact) mass is 366 g/mol. The van der Waals surface area contributed by atoms with E-state index in [4.69, 9.17) is 39.8 Å². The number of hydrogen-bond donors (Lipinski definition) is 1. The highest BCUT2D eigenvalue weighted by Gasteiger charge is 2.09. The van der Waals surface area contributed by atoms with Gasteiger partial charge in [-0.05, 0) is 42.5 Å². The fourth-order valence-electron chi connectivity index (χ4n) is 2.04. The summed E-state index contributed by atoms with van der Waals surface area (Å²) >= 11 is 17.2. The van der Waals surface area contributed by atoms with E-state index >= 15 is 0 Å². The Morgan fingerprint density at radius 2 is 2.17 bits per heavy atom. The Kier molecular flexibility index (Phi) is 4.66. The fourth-order valence-corrected chi connectivity index (χ4v) is 2.74. The van der Waals surface area contributed by atoms with Crippen molar-refractivity contribution in [3.05, 3.63) is 56.7 Å². The summed E-state index contributed by atoms with van der Waals surface area (Å²) in [5.41, 5.74) is 0.768. The minimum absolute atomic E-state index is 0.436. The fraction of sp³-hybridized carbons (Fsp3) is 0.133. The van der Waals surface area contributed by atoms with Crippen molar-refractivity contribution in [3.63, 3.8) is 0 Å². The van der Waals surface area contributed by atoms with E-state index in [2.05, 4.69) is 15.3 Å². The molecule has 0 bridgehead atoms. The number of aromatic amines is 1. The lowest BCUT2D eigenvalue weighted by Crippen LogP contribution is -1.96. The molecule has 2 heterocycles. The molecule has 0 saturated heterocycles. The maximum Gasteiger partial charge on any atom is 0.216 e. The first kappa shape index (κ1) is 16.0. The summed E-state index contributed by atoms with van der Waals surface area (Å²) in [6.45, 7) is 1.98. The molecular formula is C15H12Cl2N4OS. The number of H-pyrrole nitrogens is 1. The topological polar surface area (TPSA) is 59.1 Å². The highest BCUT2D eigenvalue weighted by atomic mass is 35.5. The van der Waals surface area contributed by atoms with E-state index in [0.29, 0.717) is 32.8 Å². The van der Waals surface area contributed by atoms with Crippen LogP contribution in [-0.4, -0.2) is 21.1 Å². The zero-order chi connectivity index (χ0) is 16.4. The normalized spacial score (nSPS) is 11.4. The van der Waals surface area contributed by atoms with E-state index in [0.717, 1.165) is 11.4 Å². The van der Waals surface area contributed by atoms with Gasteiger partial charge in [-0.1, -0.05) is 30.1 Å². The molecular weight excluding hydrogens is 355 g/mol. The molecule has 1 aromatic carbocycles. The predicted octanol–water partition coefficient (Wildman–Crippen LogP) is 4.95. The van der Waals surface area contributed by atoms with Crippen molar-refractivity contribution >= 4 is 41.6 Å². The second kappa shape index (κ2) is 6.70. The van der Waals surface area contributed by atoms with Crippen LogP contribution in [0.15, 0.2) is 39.9 Å². The molecule has 0 unspecified atom stereocenters. The van der Waals surface area contributed by atoms with Gasteiger partial charge in [-0.2, -0.15) is 14.9 Å². The Morgan fingerprint density at radius 3 is 2.91 bits per heavy atom. The second-order valence-corrected chi connectivity index (χ2v) is 5.91. The average molecular weight is 367 g/mol. The number of nitrogens with one attached hydrogen (secondary N) is 1. The first-order valence-corrected chi connectivity index (χ1v) is 8.01. The van der Waals surface area contributed by atoms with Crippen LogP contribution < -0.4 is 0 Å². The van der Waals surface area contributed by atoms with Crippen LogP contribution in [-0.2, 0) is 6.42 Å². The molecule has 0 radical (unpaired) electrons. The smallest absolute Gasteiger partial charge is 0.216 e. The number of halogens is 2. The summed E-state index contributed by atoms with van der Waals surface area (Å²) in [7, 11) is 0. The highest BCUT2D eigenvalue weighted by molar-refractivity contribution is 7.71. The Morgan fingerprint density at radius 1 is 1.35 bits per heavy atom. The molecule has 23 heavy (non-hydrogen) atoms. The molecule has 0 amide bonds. The van der Waals surface area contributed by atoms with Gasteiger partial charge in [0.25, 0.3) is 0 Å². The molecule has 0 spiro atoms. The highest BCUT2D eigenvalue weighted by Crippen LogP contribution is 2.31. The van der Waals surface area contributed by atoms with E-state index in [1.165, 1.54) is 0 Å². The molecule has 3 rings (SSSR count). The molecule has 0 aliphatic rings. The summed E-state index contributed by atoms with van der Waals surface area (Å²) in [6, 6.07) is 8.88. The maximum absolute atomic E-state index is 6.18. The number of nitrogens with zero attached hydrogens (tertiary/aromatic N) is 3. The van der Waals surface area contributed by atoms with Gasteiger partial charge in [-0.25, -0.2) is 0 Å². The van der Waals surface area contributed by atoms with E-state index in [9.17, 15) is 0 Å². The van der Waals surface area contributed by atoms with Crippen molar-refractivity contribution in [2.24, 2.45) is 5.10 Å². The molecule has 8 heteroatoms. The largest absolute Gasteiger partial charge is 0.455 e. The average Bonchev–Trinajstić information content (AvgIpc) is 3.12. The second-order valence-electron chi connectivity index (χ2n) is 4.68. The predicted molar refractivity (Wildman–Crippen MR) is 93.9 cm³/mol. The number of aryl methyl sites for hydroxylation is 1. The van der Waals surface area contributed by atoms with E-state index < -0.39 is 0 Å². The van der Waals surface area contributed by atoms with Gasteiger partial charge in [0.1, 0.15) is 11.5 Å². The van der Waals surface area contributed by atoms with Crippen LogP contribution in [0.5, 0.6) is 0 Å². The van der Waals surface area contributed by atoms with Crippen LogP contribution in [0.1, 0.15) is 18.5 Å². The van der Waals surface area contributed by atoms with Crippen LogP contribution in [0.25, 0.3) is 11.3 Å². The molecule has 2 aromatic heterocycles. The third-order valence-corrected chi connectivity index (χ3v) is 3.97. The van der Waals surface area contributed by atoms with Crippen molar-refractivity contribution in [1.82, 2.24) is 14.9 Å². The number of benzene rings is 1. The van der Waals surface area contributed by atoms with Gasteiger partial charge in [0.05, 0.1) is 11.2 Å². The van der Waals surface area contributed by atoms with Crippen LogP contribution in [0.3, 0.4) is 0 Å². The molecule has 0 aliphatic carbocycles. The lowest BCUT2D eigenvalue weighted by Gasteiger charge is -2.00. The van der Waals surface area contributed by atoms with Crippen LogP contribution in [0.2, 0.25) is 10.0 Å². The first-order valence-electron chi connectivity index (χ1n) is 6.84. The van der Waals surface area contributed by atoms with Gasteiger partial charge in [-0.3, -0.25) is 5.10 Å². The number of rotatable bonds is 4. The molecule has 5 nitrogen and oxygen atoms in total. The van der Waals surface area contributed by atoms with Gasteiger partial charge in [0.15, 0.2) is 5.82 Å². The molecule has 118 valence electrons. The Labute approximate surface area is 147 Å². The van der Waals surface area contributed by atoms with Crippen molar-refractivity contribution < 1.29 is 4.42 Å². The minimum atomic E-state index is 0.436. The van der Waals surface area contributed by atoms with Crippen LogP contribution >= 0.6 is 35.4 Å². The van der Waals surface area contributed by atoms with Gasteiger partial charge in [0.2, 0.25) is 4.77 Å². The van der Waals surface area contributed by atoms with Gasteiger partial charge < -0.3 is 4.42 Å². The van der Waals surface area contributed by atoms with Crippen molar-refractivity contribution in [2.75, 3.05) is 0 Å². The first-order chi connectivity index (χ1) is 11.1. The number of furan rings is 1. The standard InChI is InChI=1S/C15H12Cl2N4OS/c1-2-14-19-20-15(23)21(14)18-8-10-4-6-13(22-10)11-5-3-9(16)7-12(11)17/h3-8H,2H2,1H3,(H,20,23)/b18-8-.